The average molecular weight is 456 g/mol. The fourth-order valence-corrected chi connectivity index (χ4v) is 3.40. The first-order valence-corrected chi connectivity index (χ1v) is 12.5. The Labute approximate surface area is 177 Å². The van der Waals surface area contributed by atoms with Crippen LogP contribution in [0, 0.1) is 0 Å². The number of carbonyl (C=O) groups excluding carboxylic acids is 1. The van der Waals surface area contributed by atoms with Crippen LogP contribution in [0.15, 0.2) is 48.5 Å². The molecule has 11 heteroatoms. The van der Waals surface area contributed by atoms with Gasteiger partial charge in [-0.25, -0.2) is 16.8 Å². The summed E-state index contributed by atoms with van der Waals surface area (Å²) in [5.41, 5.74) is 1.30. The van der Waals surface area contributed by atoms with Gasteiger partial charge in [-0.1, -0.05) is 6.07 Å². The number of rotatable bonds is 8. The molecule has 0 spiro atoms. The molecule has 0 saturated carbocycles. The van der Waals surface area contributed by atoms with E-state index in [2.05, 4.69) is 5.32 Å². The summed E-state index contributed by atoms with van der Waals surface area (Å²) >= 11 is 0. The first-order chi connectivity index (χ1) is 13.8. The summed E-state index contributed by atoms with van der Waals surface area (Å²) in [5, 5.41) is 2.69. The number of carbonyl (C=O) groups is 1. The van der Waals surface area contributed by atoms with Crippen LogP contribution < -0.4 is 18.7 Å². The van der Waals surface area contributed by atoms with Crippen LogP contribution in [0.1, 0.15) is 6.92 Å². The van der Waals surface area contributed by atoms with Gasteiger partial charge < -0.3 is 10.1 Å². The fraction of sp³-hybridized carbons (Fsp3) is 0.316. The molecule has 2 aromatic carbocycles. The predicted molar refractivity (Wildman–Crippen MR) is 118 cm³/mol. The number of ether oxygens (including phenoxy) is 1. The van der Waals surface area contributed by atoms with Crippen LogP contribution >= 0.6 is 0 Å². The van der Waals surface area contributed by atoms with Gasteiger partial charge in [0.1, 0.15) is 5.75 Å². The first-order valence-electron chi connectivity index (χ1n) is 8.84. The van der Waals surface area contributed by atoms with Crippen molar-refractivity contribution < 1.29 is 26.4 Å². The van der Waals surface area contributed by atoms with Gasteiger partial charge in [0, 0.05) is 19.8 Å². The summed E-state index contributed by atoms with van der Waals surface area (Å²) in [6, 6.07) is 12.7. The summed E-state index contributed by atoms with van der Waals surface area (Å²) in [4.78, 5) is 12.4. The molecule has 0 radical (unpaired) electrons. The molecule has 0 heterocycles. The summed E-state index contributed by atoms with van der Waals surface area (Å²) in [5.74, 6) is -0.0275. The van der Waals surface area contributed by atoms with Crippen LogP contribution in [-0.2, 0) is 24.8 Å². The lowest BCUT2D eigenvalue weighted by atomic mass is 10.2. The van der Waals surface area contributed by atoms with E-state index in [1.807, 2.05) is 0 Å². The Hall–Kier alpha value is -2.79. The van der Waals surface area contributed by atoms with Gasteiger partial charge in [0.05, 0.1) is 23.9 Å². The van der Waals surface area contributed by atoms with Gasteiger partial charge in [0.2, 0.25) is 20.0 Å². The molecular weight excluding hydrogens is 430 g/mol. The van der Waals surface area contributed by atoms with Crippen LogP contribution in [0.4, 0.5) is 17.1 Å². The van der Waals surface area contributed by atoms with Crippen LogP contribution in [0.2, 0.25) is 0 Å². The lowest BCUT2D eigenvalue weighted by molar-refractivity contribution is -0.122. The Morgan fingerprint density at radius 2 is 1.43 bits per heavy atom. The summed E-state index contributed by atoms with van der Waals surface area (Å²) in [7, 11) is -3.93. The molecule has 1 amide bonds. The molecule has 0 saturated heterocycles. The number of sulfonamides is 2. The predicted octanol–water partition coefficient (Wildman–Crippen LogP) is 1.88. The molecule has 0 unspecified atom stereocenters. The summed E-state index contributed by atoms with van der Waals surface area (Å²) < 4.78 is 54.4. The number of hydrogen-bond acceptors (Lipinski definition) is 6. The molecule has 2 rings (SSSR count). The fourth-order valence-electron chi connectivity index (χ4n) is 2.40. The molecule has 0 aliphatic heterocycles. The smallest absolute Gasteiger partial charge is 0.265 e. The van der Waals surface area contributed by atoms with Gasteiger partial charge in [-0.15, -0.1) is 0 Å². The Kier molecular flexibility index (Phi) is 6.99. The van der Waals surface area contributed by atoms with E-state index in [0.29, 0.717) is 22.8 Å². The number of benzene rings is 2. The second-order valence-electron chi connectivity index (χ2n) is 6.75. The molecule has 1 N–H and O–H groups in total. The quantitative estimate of drug-likeness (QED) is 0.650. The highest BCUT2D eigenvalue weighted by molar-refractivity contribution is 7.92. The number of nitrogens with one attached hydrogen (secondary N) is 1. The number of nitrogens with zero attached hydrogens (tertiary/aromatic N) is 2. The molecular formula is C19H25N3O6S2. The van der Waals surface area contributed by atoms with Crippen LogP contribution in [0.25, 0.3) is 0 Å². The van der Waals surface area contributed by atoms with Crippen molar-refractivity contribution in [1.29, 1.82) is 0 Å². The minimum atomic E-state index is -3.42. The van der Waals surface area contributed by atoms with Gasteiger partial charge in [-0.3, -0.25) is 13.4 Å². The van der Waals surface area contributed by atoms with Crippen LogP contribution in [0.5, 0.6) is 5.75 Å². The zero-order valence-electron chi connectivity index (χ0n) is 17.4. The van der Waals surface area contributed by atoms with Gasteiger partial charge in [-0.2, -0.15) is 0 Å². The van der Waals surface area contributed by atoms with Crippen LogP contribution in [-0.4, -0.2) is 55.5 Å². The van der Waals surface area contributed by atoms with E-state index < -0.39 is 32.1 Å². The standard InChI is InChI=1S/C19H25N3O6S2/c1-14(28-18-11-9-16(10-12-18)21(2)29(4,24)25)19(23)20-15-7-6-8-17(13-15)22(3)30(5,26)27/h6-14H,1-5H3,(H,20,23)/t14-/m0/s1. The first kappa shape index (κ1) is 23.5. The van der Waals surface area contributed by atoms with E-state index >= 15 is 0 Å². The molecule has 0 bridgehead atoms. The number of amides is 1. The normalized spacial score (nSPS) is 12.7. The van der Waals surface area contributed by atoms with E-state index in [1.54, 1.807) is 55.5 Å². The molecule has 164 valence electrons. The SMILES string of the molecule is C[C@H](Oc1ccc(N(C)S(C)(=O)=O)cc1)C(=O)Nc1cccc(N(C)S(C)(=O)=O)c1. The lowest BCUT2D eigenvalue weighted by Crippen LogP contribution is -2.30. The van der Waals surface area contributed by atoms with E-state index in [4.69, 9.17) is 4.74 Å². The minimum Gasteiger partial charge on any atom is -0.481 e. The molecule has 0 aliphatic rings. The molecule has 0 aliphatic carbocycles. The van der Waals surface area contributed by atoms with Crippen molar-refractivity contribution >= 4 is 43.0 Å². The van der Waals surface area contributed by atoms with Gasteiger partial charge in [0.25, 0.3) is 5.91 Å². The van der Waals surface area contributed by atoms with Crippen molar-refractivity contribution in [1.82, 2.24) is 0 Å². The van der Waals surface area contributed by atoms with Crippen molar-refractivity contribution in [2.75, 3.05) is 40.5 Å². The number of anilines is 3. The summed E-state index contributed by atoms with van der Waals surface area (Å²) in [6.45, 7) is 1.57. The second kappa shape index (κ2) is 8.92. The maximum Gasteiger partial charge on any atom is 0.265 e. The zero-order valence-corrected chi connectivity index (χ0v) is 19.0. The third kappa shape index (κ3) is 6.10. The second-order valence-corrected chi connectivity index (χ2v) is 10.8. The Bertz CT molecular complexity index is 1120. The molecule has 9 nitrogen and oxygen atoms in total. The largest absolute Gasteiger partial charge is 0.481 e. The molecule has 0 fully saturated rings. The highest BCUT2D eigenvalue weighted by Gasteiger charge is 2.17. The van der Waals surface area contributed by atoms with Crippen LogP contribution in [0.3, 0.4) is 0 Å². The van der Waals surface area contributed by atoms with E-state index in [1.165, 1.54) is 14.1 Å². The lowest BCUT2D eigenvalue weighted by Gasteiger charge is -2.19. The topological polar surface area (TPSA) is 113 Å². The van der Waals surface area contributed by atoms with Crippen molar-refractivity contribution in [2.45, 2.75) is 13.0 Å². The third-order valence-electron chi connectivity index (χ3n) is 4.35. The minimum absolute atomic E-state index is 0.397. The van der Waals surface area contributed by atoms with Crippen molar-refractivity contribution in [3.63, 3.8) is 0 Å². The third-order valence-corrected chi connectivity index (χ3v) is 6.77. The maximum absolute atomic E-state index is 12.4. The van der Waals surface area contributed by atoms with E-state index in [-0.39, 0.29) is 0 Å². The molecule has 2 aromatic rings. The molecule has 30 heavy (non-hydrogen) atoms. The average Bonchev–Trinajstić information content (AvgIpc) is 2.66. The van der Waals surface area contributed by atoms with Gasteiger partial charge in [0.15, 0.2) is 6.10 Å². The Morgan fingerprint density at radius 3 is 1.97 bits per heavy atom. The van der Waals surface area contributed by atoms with Crippen molar-refractivity contribution in [3.05, 3.63) is 48.5 Å². The van der Waals surface area contributed by atoms with Gasteiger partial charge in [-0.05, 0) is 49.4 Å². The molecule has 1 atom stereocenters. The van der Waals surface area contributed by atoms with Crippen molar-refractivity contribution in [2.24, 2.45) is 0 Å². The summed E-state index contributed by atoms with van der Waals surface area (Å²) in [6.07, 6.45) is 1.35. The Balaban J connectivity index is 2.05. The molecule has 0 aromatic heterocycles. The number of hydrogen-bond donors (Lipinski definition) is 1. The Morgan fingerprint density at radius 1 is 0.900 bits per heavy atom. The monoisotopic (exact) mass is 455 g/mol. The highest BCUT2D eigenvalue weighted by Crippen LogP contribution is 2.23. The van der Waals surface area contributed by atoms with E-state index in [0.717, 1.165) is 21.1 Å². The highest BCUT2D eigenvalue weighted by atomic mass is 32.2. The van der Waals surface area contributed by atoms with Gasteiger partial charge >= 0.3 is 0 Å². The van der Waals surface area contributed by atoms with E-state index in [9.17, 15) is 21.6 Å². The maximum atomic E-state index is 12.4. The van der Waals surface area contributed by atoms with Crippen molar-refractivity contribution in [3.8, 4) is 5.75 Å². The zero-order chi connectivity index (χ0) is 22.7.